The van der Waals surface area contributed by atoms with Crippen molar-refractivity contribution in [2.75, 3.05) is 19.6 Å². The second-order valence-corrected chi connectivity index (χ2v) is 3.76. The molecule has 1 unspecified atom stereocenters. The van der Waals surface area contributed by atoms with Crippen molar-refractivity contribution in [3.8, 4) is 0 Å². The smallest absolute Gasteiger partial charge is 0.240 e. The Morgan fingerprint density at radius 1 is 1.64 bits per heavy atom. The zero-order chi connectivity index (χ0) is 9.97. The summed E-state index contributed by atoms with van der Waals surface area (Å²) in [6.07, 6.45) is 0. The Hall–Kier alpha value is -0.940. The highest BCUT2D eigenvalue weighted by Gasteiger charge is 2.19. The lowest BCUT2D eigenvalue weighted by molar-refractivity contribution is 0.146. The van der Waals surface area contributed by atoms with Gasteiger partial charge in [0.25, 0.3) is 0 Å². The molecule has 0 bridgehead atoms. The van der Waals surface area contributed by atoms with Crippen LogP contribution < -0.4 is 5.32 Å². The van der Waals surface area contributed by atoms with E-state index in [0.29, 0.717) is 11.9 Å². The molecule has 0 radical (unpaired) electrons. The Kier molecular flexibility index (Phi) is 2.79. The van der Waals surface area contributed by atoms with Gasteiger partial charge in [-0.1, -0.05) is 5.16 Å². The molecule has 0 spiro atoms. The first-order valence-corrected chi connectivity index (χ1v) is 4.99. The first kappa shape index (κ1) is 9.61. The highest BCUT2D eigenvalue weighted by molar-refractivity contribution is 4.85. The maximum absolute atomic E-state index is 5.09. The molecule has 78 valence electrons. The number of hydrogen-bond acceptors (Lipinski definition) is 5. The maximum Gasteiger partial charge on any atom is 0.240 e. The Labute approximate surface area is 83.5 Å². The summed E-state index contributed by atoms with van der Waals surface area (Å²) in [4.78, 5) is 6.55. The molecule has 0 amide bonds. The SMILES string of the molecule is Cc1noc(CN2CCNCC2C)n1. The monoisotopic (exact) mass is 196 g/mol. The van der Waals surface area contributed by atoms with Crippen LogP contribution in [0.4, 0.5) is 0 Å². The normalized spacial score (nSPS) is 24.0. The average molecular weight is 196 g/mol. The van der Waals surface area contributed by atoms with Gasteiger partial charge in [-0.15, -0.1) is 0 Å². The van der Waals surface area contributed by atoms with Gasteiger partial charge in [-0.3, -0.25) is 4.90 Å². The molecule has 2 rings (SSSR count). The minimum Gasteiger partial charge on any atom is -0.338 e. The molecule has 14 heavy (non-hydrogen) atoms. The van der Waals surface area contributed by atoms with Crippen molar-refractivity contribution in [2.45, 2.75) is 26.4 Å². The van der Waals surface area contributed by atoms with Crippen LogP contribution in [0.2, 0.25) is 0 Å². The predicted octanol–water partition coefficient (Wildman–Crippen LogP) is 0.172. The molecule has 0 aromatic carbocycles. The lowest BCUT2D eigenvalue weighted by atomic mass is 10.2. The largest absolute Gasteiger partial charge is 0.338 e. The van der Waals surface area contributed by atoms with E-state index in [9.17, 15) is 0 Å². The first-order valence-electron chi connectivity index (χ1n) is 4.99. The van der Waals surface area contributed by atoms with Gasteiger partial charge in [0.05, 0.1) is 6.54 Å². The van der Waals surface area contributed by atoms with Crippen LogP contribution in [0.5, 0.6) is 0 Å². The van der Waals surface area contributed by atoms with E-state index in [1.54, 1.807) is 0 Å². The molecular weight excluding hydrogens is 180 g/mol. The minimum absolute atomic E-state index is 0.538. The summed E-state index contributed by atoms with van der Waals surface area (Å²) in [6.45, 7) is 7.93. The Bertz CT molecular complexity index is 299. The molecule has 1 aliphatic rings. The number of nitrogens with zero attached hydrogens (tertiary/aromatic N) is 3. The van der Waals surface area contributed by atoms with Crippen LogP contribution in [0, 0.1) is 6.92 Å². The van der Waals surface area contributed by atoms with Gasteiger partial charge >= 0.3 is 0 Å². The third-order valence-corrected chi connectivity index (χ3v) is 2.55. The molecular formula is C9H16N4O. The van der Waals surface area contributed by atoms with E-state index < -0.39 is 0 Å². The van der Waals surface area contributed by atoms with Gasteiger partial charge < -0.3 is 9.84 Å². The molecule has 1 atom stereocenters. The number of piperazine rings is 1. The zero-order valence-electron chi connectivity index (χ0n) is 8.66. The second-order valence-electron chi connectivity index (χ2n) is 3.76. The summed E-state index contributed by atoms with van der Waals surface area (Å²) in [5.74, 6) is 1.43. The fraction of sp³-hybridized carbons (Fsp3) is 0.778. The molecule has 1 saturated heterocycles. The number of aromatic nitrogens is 2. The third-order valence-electron chi connectivity index (χ3n) is 2.55. The van der Waals surface area contributed by atoms with E-state index in [4.69, 9.17) is 4.52 Å². The lowest BCUT2D eigenvalue weighted by Crippen LogP contribution is -2.49. The van der Waals surface area contributed by atoms with E-state index in [-0.39, 0.29) is 0 Å². The molecule has 1 fully saturated rings. The van der Waals surface area contributed by atoms with Crippen LogP contribution in [0.15, 0.2) is 4.52 Å². The van der Waals surface area contributed by atoms with Gasteiger partial charge in [-0.2, -0.15) is 4.98 Å². The summed E-state index contributed by atoms with van der Waals surface area (Å²) < 4.78 is 5.09. The molecule has 1 N–H and O–H groups in total. The van der Waals surface area contributed by atoms with Gasteiger partial charge in [-0.05, 0) is 13.8 Å². The molecule has 5 nitrogen and oxygen atoms in total. The summed E-state index contributed by atoms with van der Waals surface area (Å²) in [6, 6.07) is 0.538. The van der Waals surface area contributed by atoms with Crippen molar-refractivity contribution in [3.63, 3.8) is 0 Å². The van der Waals surface area contributed by atoms with Crippen LogP contribution in [0.3, 0.4) is 0 Å². The lowest BCUT2D eigenvalue weighted by Gasteiger charge is -2.32. The van der Waals surface area contributed by atoms with Gasteiger partial charge in [0.1, 0.15) is 0 Å². The predicted molar refractivity (Wildman–Crippen MR) is 51.8 cm³/mol. The second kappa shape index (κ2) is 4.06. The van der Waals surface area contributed by atoms with E-state index >= 15 is 0 Å². The van der Waals surface area contributed by atoms with Gasteiger partial charge in [0, 0.05) is 25.7 Å². The molecule has 0 aliphatic carbocycles. The Balaban J connectivity index is 1.95. The molecule has 1 aromatic heterocycles. The van der Waals surface area contributed by atoms with Crippen molar-refractivity contribution in [3.05, 3.63) is 11.7 Å². The molecule has 5 heteroatoms. The van der Waals surface area contributed by atoms with Gasteiger partial charge in [0.2, 0.25) is 5.89 Å². The quantitative estimate of drug-likeness (QED) is 0.731. The summed E-state index contributed by atoms with van der Waals surface area (Å²) in [5, 5.41) is 7.13. The number of hydrogen-bond donors (Lipinski definition) is 1. The minimum atomic E-state index is 0.538. The topological polar surface area (TPSA) is 54.2 Å². The molecule has 1 aromatic rings. The van der Waals surface area contributed by atoms with Crippen LogP contribution in [0.25, 0.3) is 0 Å². The Morgan fingerprint density at radius 2 is 2.50 bits per heavy atom. The first-order chi connectivity index (χ1) is 6.75. The standard InChI is InChI=1S/C9H16N4O/c1-7-5-10-3-4-13(7)6-9-11-8(2)12-14-9/h7,10H,3-6H2,1-2H3. The summed E-state index contributed by atoms with van der Waals surface area (Å²) in [7, 11) is 0. The van der Waals surface area contributed by atoms with E-state index in [0.717, 1.165) is 32.1 Å². The van der Waals surface area contributed by atoms with Crippen molar-refractivity contribution in [1.82, 2.24) is 20.4 Å². The molecule has 0 saturated carbocycles. The van der Waals surface area contributed by atoms with Crippen LogP contribution in [-0.4, -0.2) is 40.7 Å². The average Bonchev–Trinajstić information content (AvgIpc) is 2.56. The highest BCUT2D eigenvalue weighted by atomic mass is 16.5. The van der Waals surface area contributed by atoms with Crippen LogP contribution in [0.1, 0.15) is 18.6 Å². The van der Waals surface area contributed by atoms with Crippen molar-refractivity contribution >= 4 is 0 Å². The van der Waals surface area contributed by atoms with Gasteiger partial charge in [0.15, 0.2) is 5.82 Å². The fourth-order valence-electron chi connectivity index (χ4n) is 1.70. The maximum atomic E-state index is 5.09. The molecule has 1 aliphatic heterocycles. The number of rotatable bonds is 2. The fourth-order valence-corrected chi connectivity index (χ4v) is 1.70. The van der Waals surface area contributed by atoms with E-state index in [1.165, 1.54) is 0 Å². The number of aryl methyl sites for hydroxylation is 1. The summed E-state index contributed by atoms with van der Waals surface area (Å²) >= 11 is 0. The van der Waals surface area contributed by atoms with Crippen molar-refractivity contribution in [2.24, 2.45) is 0 Å². The molecule has 2 heterocycles. The van der Waals surface area contributed by atoms with Crippen molar-refractivity contribution in [1.29, 1.82) is 0 Å². The van der Waals surface area contributed by atoms with Crippen molar-refractivity contribution < 1.29 is 4.52 Å². The van der Waals surface area contributed by atoms with E-state index in [1.807, 2.05) is 6.92 Å². The number of nitrogens with one attached hydrogen (secondary N) is 1. The Morgan fingerprint density at radius 3 is 3.14 bits per heavy atom. The zero-order valence-corrected chi connectivity index (χ0v) is 8.66. The van der Waals surface area contributed by atoms with Gasteiger partial charge in [-0.25, -0.2) is 0 Å². The summed E-state index contributed by atoms with van der Waals surface area (Å²) in [5.41, 5.74) is 0. The highest BCUT2D eigenvalue weighted by Crippen LogP contribution is 2.07. The van der Waals surface area contributed by atoms with Crippen LogP contribution in [-0.2, 0) is 6.54 Å². The van der Waals surface area contributed by atoms with E-state index in [2.05, 4.69) is 27.3 Å². The third kappa shape index (κ3) is 2.10. The van der Waals surface area contributed by atoms with Crippen LogP contribution >= 0.6 is 0 Å².